The van der Waals surface area contributed by atoms with Crippen molar-refractivity contribution in [3.8, 4) is 17.2 Å². The lowest BCUT2D eigenvalue weighted by Gasteiger charge is -2.14. The molecule has 2 N–H and O–H groups in total. The number of carbonyl (C=O) groups is 1. The van der Waals surface area contributed by atoms with Crippen LogP contribution in [0.4, 0.5) is 5.69 Å². The predicted octanol–water partition coefficient (Wildman–Crippen LogP) is 2.38. The zero-order chi connectivity index (χ0) is 18.0. The molecule has 0 spiro atoms. The number of nitrogens with one attached hydrogen (secondary N) is 1. The van der Waals surface area contributed by atoms with Crippen LogP contribution in [0.5, 0.6) is 17.2 Å². The van der Waals surface area contributed by atoms with Gasteiger partial charge in [0.25, 0.3) is 10.0 Å². The van der Waals surface area contributed by atoms with E-state index < -0.39 is 16.0 Å². The summed E-state index contributed by atoms with van der Waals surface area (Å²) in [6, 6.07) is 4.52. The van der Waals surface area contributed by atoms with Crippen LogP contribution < -0.4 is 18.9 Å². The summed E-state index contributed by atoms with van der Waals surface area (Å²) in [7, 11) is -2.41. The van der Waals surface area contributed by atoms with Crippen molar-refractivity contribution in [2.24, 2.45) is 0 Å². The highest BCUT2D eigenvalue weighted by Crippen LogP contribution is 2.49. The second kappa shape index (κ2) is 6.65. The monoisotopic (exact) mass is 383 g/mol. The van der Waals surface area contributed by atoms with Crippen molar-refractivity contribution in [2.75, 3.05) is 18.6 Å². The van der Waals surface area contributed by atoms with Gasteiger partial charge in [-0.1, -0.05) is 6.07 Å². The van der Waals surface area contributed by atoms with Crippen molar-refractivity contribution in [1.82, 2.24) is 0 Å². The third-order valence-electron chi connectivity index (χ3n) is 3.24. The molecule has 0 amide bonds. The number of benzene rings is 1. The summed E-state index contributed by atoms with van der Waals surface area (Å²) in [5.41, 5.74) is 0.463. The van der Waals surface area contributed by atoms with E-state index in [0.717, 1.165) is 17.4 Å². The molecule has 0 aliphatic carbocycles. The fourth-order valence-corrected chi connectivity index (χ4v) is 4.29. The number of anilines is 1. The fourth-order valence-electron chi connectivity index (χ4n) is 2.25. The van der Waals surface area contributed by atoms with Crippen LogP contribution >= 0.6 is 11.3 Å². The van der Waals surface area contributed by atoms with Crippen LogP contribution in [0.25, 0.3) is 6.08 Å². The Bertz CT molecular complexity index is 933. The van der Waals surface area contributed by atoms with E-state index in [-0.39, 0.29) is 33.9 Å². The molecule has 132 valence electrons. The molecule has 2 aromatic rings. The van der Waals surface area contributed by atoms with Crippen LogP contribution in [0.15, 0.2) is 33.9 Å². The van der Waals surface area contributed by atoms with E-state index in [9.17, 15) is 13.2 Å². The molecule has 2 heterocycles. The molecule has 1 aliphatic rings. The molecule has 0 unspecified atom stereocenters. The summed E-state index contributed by atoms with van der Waals surface area (Å²) in [5, 5.41) is 10.5. The highest BCUT2D eigenvalue weighted by molar-refractivity contribution is 7.94. The largest absolute Gasteiger partial charge is 0.492 e. The van der Waals surface area contributed by atoms with Gasteiger partial charge in [-0.3, -0.25) is 4.72 Å². The van der Waals surface area contributed by atoms with E-state index in [1.165, 1.54) is 25.3 Å². The first-order chi connectivity index (χ1) is 11.9. The summed E-state index contributed by atoms with van der Waals surface area (Å²) in [5.74, 6) is -0.507. The standard InChI is InChI=1S/C15H13NO7S2/c1-21-13-9(4-5-11(17)18)7-10(14-15(13)23-8-22-14)16-25(19,20)12-3-2-6-24-12/h2-7,16H,8H2,1H3,(H,17,18). The quantitative estimate of drug-likeness (QED) is 0.737. The number of methoxy groups -OCH3 is 1. The Morgan fingerprint density at radius 3 is 2.80 bits per heavy atom. The maximum absolute atomic E-state index is 12.5. The van der Waals surface area contributed by atoms with Gasteiger partial charge >= 0.3 is 5.97 Å². The molecule has 0 bridgehead atoms. The van der Waals surface area contributed by atoms with Gasteiger partial charge < -0.3 is 19.3 Å². The lowest BCUT2D eigenvalue weighted by Crippen LogP contribution is -2.12. The van der Waals surface area contributed by atoms with Crippen molar-refractivity contribution < 1.29 is 32.5 Å². The lowest BCUT2D eigenvalue weighted by atomic mass is 10.1. The van der Waals surface area contributed by atoms with Gasteiger partial charge in [-0.25, -0.2) is 13.2 Å². The summed E-state index contributed by atoms with van der Waals surface area (Å²) in [4.78, 5) is 10.8. The topological polar surface area (TPSA) is 111 Å². The number of ether oxygens (including phenoxy) is 3. The number of hydrogen-bond donors (Lipinski definition) is 2. The van der Waals surface area contributed by atoms with Crippen molar-refractivity contribution in [1.29, 1.82) is 0 Å². The molecule has 1 aliphatic heterocycles. The maximum Gasteiger partial charge on any atom is 0.328 e. The van der Waals surface area contributed by atoms with Crippen LogP contribution in [0.3, 0.4) is 0 Å². The van der Waals surface area contributed by atoms with E-state index in [0.29, 0.717) is 5.56 Å². The number of aliphatic carboxylic acids is 1. The third kappa shape index (κ3) is 3.39. The van der Waals surface area contributed by atoms with Crippen LogP contribution in [0, 0.1) is 0 Å². The van der Waals surface area contributed by atoms with Crippen molar-refractivity contribution in [2.45, 2.75) is 4.21 Å². The minimum Gasteiger partial charge on any atom is -0.492 e. The first kappa shape index (κ1) is 17.1. The first-order valence-corrected chi connectivity index (χ1v) is 9.26. The number of hydrogen-bond acceptors (Lipinski definition) is 7. The molecule has 10 heteroatoms. The Hall–Kier alpha value is -2.72. The van der Waals surface area contributed by atoms with Crippen molar-refractivity contribution in [3.05, 3.63) is 35.2 Å². The van der Waals surface area contributed by atoms with Gasteiger partial charge in [-0.2, -0.15) is 0 Å². The second-order valence-corrected chi connectivity index (χ2v) is 7.68. The van der Waals surface area contributed by atoms with E-state index >= 15 is 0 Å². The van der Waals surface area contributed by atoms with E-state index in [2.05, 4.69) is 4.72 Å². The summed E-state index contributed by atoms with van der Waals surface area (Å²) >= 11 is 1.07. The highest BCUT2D eigenvalue weighted by atomic mass is 32.2. The molecule has 0 saturated carbocycles. The second-order valence-electron chi connectivity index (χ2n) is 4.82. The predicted molar refractivity (Wildman–Crippen MR) is 90.9 cm³/mol. The summed E-state index contributed by atoms with van der Waals surface area (Å²) in [6.45, 7) is -0.106. The molecule has 0 radical (unpaired) electrons. The summed E-state index contributed by atoms with van der Waals surface area (Å²) < 4.78 is 43.4. The van der Waals surface area contributed by atoms with Gasteiger partial charge in [0.05, 0.1) is 12.8 Å². The Kier molecular flexibility index (Phi) is 4.55. The van der Waals surface area contributed by atoms with Crippen LogP contribution in [-0.2, 0) is 14.8 Å². The number of rotatable bonds is 6. The lowest BCUT2D eigenvalue weighted by molar-refractivity contribution is -0.131. The van der Waals surface area contributed by atoms with E-state index in [1.54, 1.807) is 11.4 Å². The van der Waals surface area contributed by atoms with E-state index in [1.807, 2.05) is 0 Å². The average molecular weight is 383 g/mol. The zero-order valence-electron chi connectivity index (χ0n) is 12.9. The van der Waals surface area contributed by atoms with Gasteiger partial charge in [-0.15, -0.1) is 11.3 Å². The minimum atomic E-state index is -3.81. The molecule has 1 aromatic carbocycles. The average Bonchev–Trinajstić information content (AvgIpc) is 3.24. The Balaban J connectivity index is 2.09. The van der Waals surface area contributed by atoms with Crippen molar-refractivity contribution >= 4 is 39.1 Å². The molecule has 0 atom stereocenters. The number of carboxylic acid groups (broad SMARTS) is 1. The Labute approximate surface area is 147 Å². The Morgan fingerprint density at radius 2 is 2.16 bits per heavy atom. The molecule has 3 rings (SSSR count). The number of fused-ring (bicyclic) bond motifs is 1. The smallest absolute Gasteiger partial charge is 0.328 e. The van der Waals surface area contributed by atoms with Gasteiger partial charge in [0.15, 0.2) is 11.5 Å². The first-order valence-electron chi connectivity index (χ1n) is 6.90. The molecule has 0 fully saturated rings. The van der Waals surface area contributed by atoms with Gasteiger partial charge in [0.1, 0.15) is 4.21 Å². The number of carboxylic acids is 1. The zero-order valence-corrected chi connectivity index (χ0v) is 14.5. The maximum atomic E-state index is 12.5. The summed E-state index contributed by atoms with van der Waals surface area (Å²) in [6.07, 6.45) is 2.20. The van der Waals surface area contributed by atoms with Crippen LogP contribution in [0.1, 0.15) is 5.56 Å². The van der Waals surface area contributed by atoms with Gasteiger partial charge in [0, 0.05) is 11.6 Å². The number of sulfonamides is 1. The van der Waals surface area contributed by atoms with Gasteiger partial charge in [0.2, 0.25) is 12.5 Å². The normalized spacial score (nSPS) is 13.2. The molecular weight excluding hydrogens is 370 g/mol. The minimum absolute atomic E-state index is 0.106. The van der Waals surface area contributed by atoms with Crippen LogP contribution in [-0.4, -0.2) is 33.4 Å². The SMILES string of the molecule is COc1c(C=CC(=O)O)cc(NS(=O)(=O)c2cccs2)c2c1OCO2. The molecule has 1 aromatic heterocycles. The number of thiophene rings is 1. The Morgan fingerprint density at radius 1 is 1.40 bits per heavy atom. The fraction of sp³-hybridized carbons (Fsp3) is 0.133. The molecule has 0 saturated heterocycles. The third-order valence-corrected chi connectivity index (χ3v) is 6.00. The van der Waals surface area contributed by atoms with E-state index in [4.69, 9.17) is 19.3 Å². The van der Waals surface area contributed by atoms with Crippen LogP contribution in [0.2, 0.25) is 0 Å². The molecular formula is C15H13NO7S2. The highest BCUT2D eigenvalue weighted by Gasteiger charge is 2.28. The molecule has 25 heavy (non-hydrogen) atoms. The molecule has 8 nitrogen and oxygen atoms in total. The van der Waals surface area contributed by atoms with Gasteiger partial charge in [-0.05, 0) is 23.6 Å². The van der Waals surface area contributed by atoms with Crippen molar-refractivity contribution in [3.63, 3.8) is 0 Å².